The number of ether oxygens (including phenoxy) is 2. The fraction of sp³-hybridized carbons (Fsp3) is 0.950. The molecule has 4 fully saturated rings. The van der Waals surface area contributed by atoms with E-state index in [1.807, 2.05) is 6.92 Å². The van der Waals surface area contributed by atoms with Crippen LogP contribution >= 0.6 is 0 Å². The SMILES string of the molecule is C[C@@H]1C(=O)[C@@H](O)[C@H]2C(C)(C)CCC[C@]2(C)[C@@]12CC[C@@]1(CO[C@@H](O)C1)O2. The number of hydrogen-bond donors (Lipinski definition) is 2. The molecule has 2 heterocycles. The first kappa shape index (κ1) is 17.9. The van der Waals surface area contributed by atoms with E-state index in [-0.39, 0.29) is 28.4 Å². The second-order valence-corrected chi connectivity index (χ2v) is 9.95. The molecule has 2 aliphatic carbocycles. The predicted octanol–water partition coefficient (Wildman–Crippen LogP) is 2.43. The first-order valence-corrected chi connectivity index (χ1v) is 9.79. The number of carbonyl (C=O) groups excluding carboxylic acids is 1. The van der Waals surface area contributed by atoms with Gasteiger partial charge in [0.05, 0.1) is 17.8 Å². The van der Waals surface area contributed by atoms with Gasteiger partial charge in [0, 0.05) is 23.7 Å². The van der Waals surface area contributed by atoms with Gasteiger partial charge in [-0.15, -0.1) is 0 Å². The molecular weight excluding hydrogens is 320 g/mol. The average molecular weight is 352 g/mol. The highest BCUT2D eigenvalue weighted by Gasteiger charge is 2.72. The van der Waals surface area contributed by atoms with E-state index in [2.05, 4.69) is 20.8 Å². The molecule has 0 unspecified atom stereocenters. The smallest absolute Gasteiger partial charge is 0.167 e. The predicted molar refractivity (Wildman–Crippen MR) is 91.8 cm³/mol. The Hall–Kier alpha value is -0.490. The van der Waals surface area contributed by atoms with E-state index in [0.29, 0.717) is 13.0 Å². The summed E-state index contributed by atoms with van der Waals surface area (Å²) >= 11 is 0. The van der Waals surface area contributed by atoms with Crippen LogP contribution in [-0.4, -0.2) is 46.2 Å². The third-order valence-corrected chi connectivity index (χ3v) is 8.18. The fourth-order valence-corrected chi connectivity index (χ4v) is 7.02. The van der Waals surface area contributed by atoms with Crippen molar-refractivity contribution in [2.24, 2.45) is 22.7 Å². The summed E-state index contributed by atoms with van der Waals surface area (Å²) < 4.78 is 12.2. The lowest BCUT2D eigenvalue weighted by Gasteiger charge is -2.64. The number of fused-ring (bicyclic) bond motifs is 2. The summed E-state index contributed by atoms with van der Waals surface area (Å²) in [6.07, 6.45) is 3.47. The van der Waals surface area contributed by atoms with Crippen LogP contribution in [0.5, 0.6) is 0 Å². The third-order valence-electron chi connectivity index (χ3n) is 8.18. The molecule has 5 nitrogen and oxygen atoms in total. The molecule has 0 aromatic heterocycles. The van der Waals surface area contributed by atoms with Crippen LogP contribution in [0.15, 0.2) is 0 Å². The monoisotopic (exact) mass is 352 g/mol. The topological polar surface area (TPSA) is 76.0 Å². The highest BCUT2D eigenvalue weighted by atomic mass is 16.6. The molecule has 2 saturated carbocycles. The van der Waals surface area contributed by atoms with Gasteiger partial charge in [0.2, 0.25) is 0 Å². The van der Waals surface area contributed by atoms with Gasteiger partial charge in [-0.3, -0.25) is 4.79 Å². The lowest BCUT2D eigenvalue weighted by molar-refractivity contribution is -0.257. The van der Waals surface area contributed by atoms with E-state index in [1.165, 1.54) is 0 Å². The fourth-order valence-electron chi connectivity index (χ4n) is 7.02. The van der Waals surface area contributed by atoms with Crippen molar-refractivity contribution < 1.29 is 24.5 Å². The van der Waals surface area contributed by atoms with Crippen LogP contribution in [0.3, 0.4) is 0 Å². The molecule has 5 heteroatoms. The number of rotatable bonds is 0. The van der Waals surface area contributed by atoms with Crippen molar-refractivity contribution in [2.45, 2.75) is 89.8 Å². The standard InChI is InChI=1S/C20H32O5/c1-12-14(22)15(23)16-17(2,3)6-5-7-18(16,4)20(12)9-8-19(25-20)10-13(21)24-11-19/h12-13,15-16,21,23H,5-11H2,1-4H3/t12-,13-,15-,16+,18+,19-,20-/m1/s1. The van der Waals surface area contributed by atoms with Crippen molar-refractivity contribution in [2.75, 3.05) is 6.61 Å². The number of Topliss-reactive ketones (excluding diaryl/α,β-unsaturated/α-hetero) is 1. The zero-order chi connectivity index (χ0) is 18.3. The minimum Gasteiger partial charge on any atom is -0.385 e. The highest BCUT2D eigenvalue weighted by Crippen LogP contribution is 2.67. The van der Waals surface area contributed by atoms with Crippen LogP contribution in [0, 0.1) is 22.7 Å². The van der Waals surface area contributed by atoms with Crippen LogP contribution in [0.4, 0.5) is 0 Å². The summed E-state index contributed by atoms with van der Waals surface area (Å²) in [5.41, 5.74) is -1.40. The van der Waals surface area contributed by atoms with Crippen molar-refractivity contribution in [3.8, 4) is 0 Å². The zero-order valence-electron chi connectivity index (χ0n) is 15.9. The molecule has 2 N–H and O–H groups in total. The Labute approximate surface area is 150 Å². The van der Waals surface area contributed by atoms with Crippen LogP contribution in [0.2, 0.25) is 0 Å². The minimum atomic E-state index is -0.911. The summed E-state index contributed by atoms with van der Waals surface area (Å²) in [6.45, 7) is 8.92. The quantitative estimate of drug-likeness (QED) is 0.700. The first-order valence-electron chi connectivity index (χ1n) is 9.79. The van der Waals surface area contributed by atoms with Gasteiger partial charge in [-0.05, 0) is 31.1 Å². The molecule has 2 saturated heterocycles. The zero-order valence-corrected chi connectivity index (χ0v) is 15.9. The van der Waals surface area contributed by atoms with Gasteiger partial charge in [-0.2, -0.15) is 0 Å². The molecule has 2 spiro atoms. The summed E-state index contributed by atoms with van der Waals surface area (Å²) in [4.78, 5) is 13.0. The maximum atomic E-state index is 13.0. The Balaban J connectivity index is 1.79. The van der Waals surface area contributed by atoms with E-state index >= 15 is 0 Å². The van der Waals surface area contributed by atoms with Crippen molar-refractivity contribution in [3.05, 3.63) is 0 Å². The van der Waals surface area contributed by atoms with Crippen molar-refractivity contribution >= 4 is 5.78 Å². The van der Waals surface area contributed by atoms with Gasteiger partial charge in [0.1, 0.15) is 6.10 Å². The molecule has 25 heavy (non-hydrogen) atoms. The lowest BCUT2D eigenvalue weighted by atomic mass is 9.43. The molecule has 4 aliphatic rings. The largest absolute Gasteiger partial charge is 0.385 e. The Bertz CT molecular complexity index is 589. The van der Waals surface area contributed by atoms with Crippen LogP contribution in [0.25, 0.3) is 0 Å². The van der Waals surface area contributed by atoms with E-state index < -0.39 is 23.6 Å². The van der Waals surface area contributed by atoms with Gasteiger partial charge in [0.15, 0.2) is 12.1 Å². The van der Waals surface area contributed by atoms with Gasteiger partial charge in [-0.25, -0.2) is 0 Å². The van der Waals surface area contributed by atoms with Crippen LogP contribution in [0.1, 0.15) is 66.2 Å². The summed E-state index contributed by atoms with van der Waals surface area (Å²) in [7, 11) is 0. The van der Waals surface area contributed by atoms with Crippen LogP contribution < -0.4 is 0 Å². The van der Waals surface area contributed by atoms with Gasteiger partial charge in [-0.1, -0.05) is 34.1 Å². The van der Waals surface area contributed by atoms with E-state index in [4.69, 9.17) is 9.47 Å². The molecule has 0 amide bonds. The number of ketones is 1. The van der Waals surface area contributed by atoms with E-state index in [1.54, 1.807) is 0 Å². The number of aliphatic hydroxyl groups excluding tert-OH is 2. The van der Waals surface area contributed by atoms with Gasteiger partial charge >= 0.3 is 0 Å². The Kier molecular flexibility index (Phi) is 3.78. The second-order valence-electron chi connectivity index (χ2n) is 9.95. The molecule has 0 aromatic carbocycles. The maximum absolute atomic E-state index is 13.0. The average Bonchev–Trinajstić information content (AvgIpc) is 3.08. The number of aliphatic hydroxyl groups is 2. The third kappa shape index (κ3) is 2.19. The normalized spacial score (nSPS) is 55.0. The van der Waals surface area contributed by atoms with Gasteiger partial charge < -0.3 is 19.7 Å². The van der Waals surface area contributed by atoms with E-state index in [0.717, 1.165) is 32.1 Å². The first-order chi connectivity index (χ1) is 11.6. The molecular formula is C20H32O5. The van der Waals surface area contributed by atoms with Crippen LogP contribution in [-0.2, 0) is 14.3 Å². The van der Waals surface area contributed by atoms with Gasteiger partial charge in [0.25, 0.3) is 0 Å². The Morgan fingerprint density at radius 3 is 2.44 bits per heavy atom. The van der Waals surface area contributed by atoms with Crippen molar-refractivity contribution in [3.63, 3.8) is 0 Å². The minimum absolute atomic E-state index is 0.0750. The molecule has 7 atom stereocenters. The van der Waals surface area contributed by atoms with Crippen molar-refractivity contribution in [1.82, 2.24) is 0 Å². The highest BCUT2D eigenvalue weighted by molar-refractivity contribution is 5.88. The molecule has 2 aliphatic heterocycles. The summed E-state index contributed by atoms with van der Waals surface area (Å²) in [6, 6.07) is 0. The Morgan fingerprint density at radius 1 is 1.08 bits per heavy atom. The lowest BCUT2D eigenvalue weighted by Crippen LogP contribution is -2.70. The van der Waals surface area contributed by atoms with Crippen molar-refractivity contribution in [1.29, 1.82) is 0 Å². The number of hydrogen-bond acceptors (Lipinski definition) is 5. The maximum Gasteiger partial charge on any atom is 0.167 e. The number of carbonyl (C=O) groups is 1. The molecule has 0 bridgehead atoms. The Morgan fingerprint density at radius 2 is 1.80 bits per heavy atom. The molecule has 4 rings (SSSR count). The summed E-state index contributed by atoms with van der Waals surface area (Å²) in [5.74, 6) is -0.511. The summed E-state index contributed by atoms with van der Waals surface area (Å²) in [5, 5.41) is 20.8. The second kappa shape index (κ2) is 5.28. The molecule has 0 radical (unpaired) electrons. The molecule has 142 valence electrons. The molecule has 0 aromatic rings. The van der Waals surface area contributed by atoms with E-state index in [9.17, 15) is 15.0 Å².